The van der Waals surface area contributed by atoms with Gasteiger partial charge in [0.25, 0.3) is 0 Å². The largest absolute Gasteiger partial charge is 0.508 e. The monoisotopic (exact) mass is 184 g/mol. The van der Waals surface area contributed by atoms with E-state index in [1.807, 2.05) is 6.07 Å². The molecule has 1 unspecified atom stereocenters. The van der Waals surface area contributed by atoms with Crippen molar-refractivity contribution in [2.24, 2.45) is 0 Å². The van der Waals surface area contributed by atoms with E-state index in [9.17, 15) is 5.11 Å². The molecule has 0 saturated carbocycles. The highest BCUT2D eigenvalue weighted by Gasteiger charge is 2.22. The van der Waals surface area contributed by atoms with Gasteiger partial charge in [0.1, 0.15) is 5.75 Å². The Morgan fingerprint density at radius 2 is 2.25 bits per heavy atom. The third-order valence-corrected chi connectivity index (χ3v) is 2.03. The van der Waals surface area contributed by atoms with Crippen LogP contribution in [0, 0.1) is 0 Å². The number of halogens is 1. The van der Waals surface area contributed by atoms with Crippen LogP contribution in [0.15, 0.2) is 18.2 Å². The Morgan fingerprint density at radius 1 is 1.50 bits per heavy atom. The lowest BCUT2D eigenvalue weighted by molar-refractivity contribution is 0.407. The van der Waals surface area contributed by atoms with Gasteiger partial charge in [-0.15, -0.1) is 0 Å². The van der Waals surface area contributed by atoms with Crippen LogP contribution in [0.25, 0.3) is 0 Å². The van der Waals surface area contributed by atoms with Gasteiger partial charge in [0.05, 0.1) is 12.7 Å². The first-order valence-corrected chi connectivity index (χ1v) is 4.22. The zero-order chi connectivity index (χ0) is 8.55. The molecule has 1 aliphatic rings. The van der Waals surface area contributed by atoms with Crippen LogP contribution >= 0.6 is 11.6 Å². The van der Waals surface area contributed by atoms with Gasteiger partial charge in [0.2, 0.25) is 0 Å². The standard InChI is InChI=1S/C9H9ClO2/c10-7-1-6(2-8(11)4-7)3-9-5-12-9/h1-2,4,9,11H,3,5H2. The molecular weight excluding hydrogens is 176 g/mol. The molecule has 0 aliphatic carbocycles. The molecule has 0 spiro atoms. The molecule has 1 aliphatic heterocycles. The Morgan fingerprint density at radius 3 is 2.83 bits per heavy atom. The Kier molecular flexibility index (Phi) is 1.95. The smallest absolute Gasteiger partial charge is 0.117 e. The van der Waals surface area contributed by atoms with Crippen LogP contribution < -0.4 is 0 Å². The predicted molar refractivity (Wildman–Crippen MR) is 46.6 cm³/mol. The lowest BCUT2D eigenvalue weighted by atomic mass is 10.1. The first-order chi connectivity index (χ1) is 5.74. The minimum absolute atomic E-state index is 0.221. The summed E-state index contributed by atoms with van der Waals surface area (Å²) < 4.78 is 5.07. The van der Waals surface area contributed by atoms with E-state index >= 15 is 0 Å². The molecule has 12 heavy (non-hydrogen) atoms. The quantitative estimate of drug-likeness (QED) is 0.713. The number of epoxide rings is 1. The van der Waals surface area contributed by atoms with Crippen LogP contribution in [0.1, 0.15) is 5.56 Å². The van der Waals surface area contributed by atoms with Gasteiger partial charge in [-0.1, -0.05) is 11.6 Å². The van der Waals surface area contributed by atoms with Crippen molar-refractivity contribution in [2.75, 3.05) is 6.61 Å². The van der Waals surface area contributed by atoms with Gasteiger partial charge in [0, 0.05) is 11.4 Å². The molecule has 0 aromatic heterocycles. The second-order valence-electron chi connectivity index (χ2n) is 2.98. The van der Waals surface area contributed by atoms with E-state index in [-0.39, 0.29) is 5.75 Å². The molecule has 1 heterocycles. The fourth-order valence-corrected chi connectivity index (χ4v) is 1.45. The highest BCUT2D eigenvalue weighted by molar-refractivity contribution is 6.30. The van der Waals surface area contributed by atoms with E-state index in [2.05, 4.69) is 0 Å². The second-order valence-corrected chi connectivity index (χ2v) is 3.41. The number of benzene rings is 1. The van der Waals surface area contributed by atoms with Crippen molar-refractivity contribution in [3.05, 3.63) is 28.8 Å². The van der Waals surface area contributed by atoms with Gasteiger partial charge in [-0.3, -0.25) is 0 Å². The summed E-state index contributed by atoms with van der Waals surface area (Å²) in [5.41, 5.74) is 1.03. The van der Waals surface area contributed by atoms with Crippen LogP contribution in [0.3, 0.4) is 0 Å². The number of aromatic hydroxyl groups is 1. The van der Waals surface area contributed by atoms with Crippen molar-refractivity contribution in [2.45, 2.75) is 12.5 Å². The van der Waals surface area contributed by atoms with Crippen LogP contribution in [-0.4, -0.2) is 17.8 Å². The molecule has 3 heteroatoms. The molecule has 0 amide bonds. The van der Waals surface area contributed by atoms with E-state index in [0.717, 1.165) is 18.6 Å². The van der Waals surface area contributed by atoms with Gasteiger partial charge in [-0.05, 0) is 23.8 Å². The van der Waals surface area contributed by atoms with Crippen molar-refractivity contribution in [1.82, 2.24) is 0 Å². The van der Waals surface area contributed by atoms with Gasteiger partial charge in [0.15, 0.2) is 0 Å². The number of hydrogen-bond donors (Lipinski definition) is 1. The maximum Gasteiger partial charge on any atom is 0.117 e. The highest BCUT2D eigenvalue weighted by atomic mass is 35.5. The lowest BCUT2D eigenvalue weighted by Gasteiger charge is -1.99. The Bertz CT molecular complexity index is 274. The van der Waals surface area contributed by atoms with Crippen molar-refractivity contribution in [3.8, 4) is 5.75 Å². The minimum Gasteiger partial charge on any atom is -0.508 e. The van der Waals surface area contributed by atoms with Crippen molar-refractivity contribution in [3.63, 3.8) is 0 Å². The third-order valence-electron chi connectivity index (χ3n) is 1.81. The number of ether oxygens (including phenoxy) is 1. The summed E-state index contributed by atoms with van der Waals surface area (Å²) in [6.45, 7) is 0.827. The van der Waals surface area contributed by atoms with Gasteiger partial charge in [-0.25, -0.2) is 0 Å². The average molecular weight is 185 g/mol. The number of phenolic OH excluding ortho intramolecular Hbond substituents is 1. The van der Waals surface area contributed by atoms with E-state index in [4.69, 9.17) is 16.3 Å². The summed E-state index contributed by atoms with van der Waals surface area (Å²) in [5.74, 6) is 0.221. The molecule has 1 saturated heterocycles. The van der Waals surface area contributed by atoms with Crippen LogP contribution in [-0.2, 0) is 11.2 Å². The average Bonchev–Trinajstić information content (AvgIpc) is 2.68. The van der Waals surface area contributed by atoms with Crippen LogP contribution in [0.2, 0.25) is 5.02 Å². The predicted octanol–water partition coefficient (Wildman–Crippen LogP) is 1.99. The highest BCUT2D eigenvalue weighted by Crippen LogP contribution is 2.23. The van der Waals surface area contributed by atoms with E-state index in [1.165, 1.54) is 6.07 Å². The first-order valence-electron chi connectivity index (χ1n) is 3.84. The Labute approximate surface area is 75.7 Å². The van der Waals surface area contributed by atoms with E-state index in [0.29, 0.717) is 11.1 Å². The van der Waals surface area contributed by atoms with E-state index in [1.54, 1.807) is 6.07 Å². The summed E-state index contributed by atoms with van der Waals surface area (Å²) in [5, 5.41) is 9.78. The second kappa shape index (κ2) is 2.96. The van der Waals surface area contributed by atoms with Crippen molar-refractivity contribution >= 4 is 11.6 Å². The Hall–Kier alpha value is -0.730. The minimum atomic E-state index is 0.221. The number of rotatable bonds is 2. The fraction of sp³-hybridized carbons (Fsp3) is 0.333. The van der Waals surface area contributed by atoms with Crippen LogP contribution in [0.5, 0.6) is 5.75 Å². The van der Waals surface area contributed by atoms with Gasteiger partial charge >= 0.3 is 0 Å². The van der Waals surface area contributed by atoms with E-state index < -0.39 is 0 Å². The maximum absolute atomic E-state index is 9.20. The number of phenols is 1. The lowest BCUT2D eigenvalue weighted by Crippen LogP contribution is -1.92. The summed E-state index contributed by atoms with van der Waals surface area (Å²) in [6.07, 6.45) is 1.18. The molecule has 1 atom stereocenters. The van der Waals surface area contributed by atoms with Crippen LogP contribution in [0.4, 0.5) is 0 Å². The van der Waals surface area contributed by atoms with Gasteiger partial charge in [-0.2, -0.15) is 0 Å². The topological polar surface area (TPSA) is 32.8 Å². The molecule has 64 valence electrons. The molecule has 1 fully saturated rings. The van der Waals surface area contributed by atoms with Gasteiger partial charge < -0.3 is 9.84 Å². The zero-order valence-electron chi connectivity index (χ0n) is 6.46. The first kappa shape index (κ1) is 7.90. The fourth-order valence-electron chi connectivity index (χ4n) is 1.20. The summed E-state index contributed by atoms with van der Waals surface area (Å²) in [6, 6.07) is 5.09. The zero-order valence-corrected chi connectivity index (χ0v) is 7.21. The summed E-state index contributed by atoms with van der Waals surface area (Å²) in [4.78, 5) is 0. The molecule has 2 nitrogen and oxygen atoms in total. The normalized spacial score (nSPS) is 20.9. The molecule has 1 aromatic rings. The SMILES string of the molecule is Oc1cc(Cl)cc(CC2CO2)c1. The third kappa shape index (κ3) is 1.90. The summed E-state index contributed by atoms with van der Waals surface area (Å²) in [7, 11) is 0. The maximum atomic E-state index is 9.20. The van der Waals surface area contributed by atoms with Crippen molar-refractivity contribution < 1.29 is 9.84 Å². The molecule has 1 N–H and O–H groups in total. The molecule has 0 bridgehead atoms. The molecule has 2 rings (SSSR count). The molecule has 1 aromatic carbocycles. The number of hydrogen-bond acceptors (Lipinski definition) is 2. The molecular formula is C9H9ClO2. The Balaban J connectivity index is 2.18. The summed E-state index contributed by atoms with van der Waals surface area (Å²) >= 11 is 5.75. The van der Waals surface area contributed by atoms with Crippen molar-refractivity contribution in [1.29, 1.82) is 0 Å². The molecule has 0 radical (unpaired) electrons.